The number of amides is 3. The van der Waals surface area contributed by atoms with Crippen molar-refractivity contribution >= 4 is 43.6 Å². The van der Waals surface area contributed by atoms with Crippen LogP contribution in [-0.4, -0.2) is 41.6 Å². The van der Waals surface area contributed by atoms with Crippen molar-refractivity contribution in [2.75, 3.05) is 5.32 Å². The van der Waals surface area contributed by atoms with Crippen molar-refractivity contribution in [3.8, 4) is 0 Å². The Morgan fingerprint density at radius 3 is 2.41 bits per heavy atom. The van der Waals surface area contributed by atoms with Crippen LogP contribution in [-0.2, 0) is 16.6 Å². The number of fused-ring (bicyclic) bond motifs is 1. The monoisotopic (exact) mass is 545 g/mol. The number of nitrogens with one attached hydrogen (secondary N) is 1. The molecule has 3 amide bonds. The number of anilines is 1. The molecule has 2 aliphatic carbocycles. The summed E-state index contributed by atoms with van der Waals surface area (Å²) >= 11 is 3.30. The fraction of sp³-hybridized carbons (Fsp3) is 0.440. The van der Waals surface area contributed by atoms with E-state index in [-0.39, 0.29) is 29.1 Å². The third-order valence-corrected chi connectivity index (χ3v) is 9.13. The average molecular weight is 546 g/mol. The van der Waals surface area contributed by atoms with Crippen LogP contribution in [0.5, 0.6) is 0 Å². The first-order chi connectivity index (χ1) is 16.3. The van der Waals surface area contributed by atoms with Gasteiger partial charge in [0.15, 0.2) is 0 Å². The standard InChI is InChI=1S/C25H28BrN3O4S/c26-19-10-13-22-23(15-19)34(32,33)28(25(31)27-22)16-17-6-5-7-18(14-17)24(30)29(21-11-12-21)20-8-3-1-2-4-9-20/h5-7,10,13-15,20-21H,1-4,8-9,11-12,16H2,(H,27,31). The number of urea groups is 1. The SMILES string of the molecule is O=C(c1cccc(CN2C(=O)Nc3ccc(Br)cc3S2(=O)=O)c1)N(C1CCCCCC1)C1CC1. The van der Waals surface area contributed by atoms with Crippen molar-refractivity contribution in [3.05, 3.63) is 58.1 Å². The highest BCUT2D eigenvalue weighted by molar-refractivity contribution is 9.10. The molecule has 2 aromatic rings. The molecule has 1 heterocycles. The molecule has 0 unspecified atom stereocenters. The highest BCUT2D eigenvalue weighted by atomic mass is 79.9. The number of carbonyl (C=O) groups excluding carboxylic acids is 2. The van der Waals surface area contributed by atoms with E-state index in [2.05, 4.69) is 26.1 Å². The van der Waals surface area contributed by atoms with Gasteiger partial charge in [-0.2, -0.15) is 0 Å². The van der Waals surface area contributed by atoms with Crippen molar-refractivity contribution in [3.63, 3.8) is 0 Å². The van der Waals surface area contributed by atoms with Gasteiger partial charge in [-0.05, 0) is 61.6 Å². The second-order valence-electron chi connectivity index (χ2n) is 9.37. The van der Waals surface area contributed by atoms with Crippen molar-refractivity contribution in [1.29, 1.82) is 0 Å². The zero-order chi connectivity index (χ0) is 23.9. The van der Waals surface area contributed by atoms with Crippen molar-refractivity contribution in [2.24, 2.45) is 0 Å². The number of benzene rings is 2. The molecule has 0 saturated heterocycles. The molecule has 1 aliphatic heterocycles. The summed E-state index contributed by atoms with van der Waals surface area (Å²) in [6, 6.07) is 11.6. The second kappa shape index (κ2) is 9.34. The summed E-state index contributed by atoms with van der Waals surface area (Å²) in [4.78, 5) is 28.4. The summed E-state index contributed by atoms with van der Waals surface area (Å²) in [5.74, 6) is 0.0106. The maximum atomic E-state index is 13.6. The predicted octanol–water partition coefficient (Wildman–Crippen LogP) is 5.51. The zero-order valence-corrected chi connectivity index (χ0v) is 21.3. The van der Waals surface area contributed by atoms with Crippen LogP contribution < -0.4 is 5.32 Å². The summed E-state index contributed by atoms with van der Waals surface area (Å²) in [6.07, 6.45) is 8.94. The molecule has 0 bridgehead atoms. The number of sulfonamides is 1. The Labute approximate surface area is 208 Å². The number of nitrogens with zero attached hydrogens (tertiary/aromatic N) is 2. The lowest BCUT2D eigenvalue weighted by atomic mass is 10.0. The Bertz CT molecular complexity index is 1220. The summed E-state index contributed by atoms with van der Waals surface area (Å²) in [7, 11) is -4.03. The first-order valence-electron chi connectivity index (χ1n) is 11.9. The average Bonchev–Trinajstić information content (AvgIpc) is 3.66. The van der Waals surface area contributed by atoms with Gasteiger partial charge in [-0.3, -0.25) is 4.79 Å². The van der Waals surface area contributed by atoms with Gasteiger partial charge in [0.2, 0.25) is 0 Å². The van der Waals surface area contributed by atoms with Gasteiger partial charge in [-0.1, -0.05) is 53.7 Å². The van der Waals surface area contributed by atoms with Crippen LogP contribution >= 0.6 is 15.9 Å². The van der Waals surface area contributed by atoms with Gasteiger partial charge < -0.3 is 10.2 Å². The summed E-state index contributed by atoms with van der Waals surface area (Å²) in [6.45, 7) is -0.145. The molecule has 0 atom stereocenters. The predicted molar refractivity (Wildman–Crippen MR) is 133 cm³/mol. The minimum atomic E-state index is -4.03. The van der Waals surface area contributed by atoms with E-state index < -0.39 is 16.1 Å². The molecule has 3 aliphatic rings. The molecule has 9 heteroatoms. The van der Waals surface area contributed by atoms with E-state index in [1.54, 1.807) is 36.4 Å². The Hall–Kier alpha value is -2.39. The Kier molecular flexibility index (Phi) is 6.41. The molecule has 2 aromatic carbocycles. The zero-order valence-electron chi connectivity index (χ0n) is 18.9. The molecule has 2 fully saturated rings. The largest absolute Gasteiger partial charge is 0.336 e. The molecular weight excluding hydrogens is 518 g/mol. The third-order valence-electron chi connectivity index (χ3n) is 6.87. The maximum Gasteiger partial charge on any atom is 0.336 e. The van der Waals surface area contributed by atoms with Crippen molar-refractivity contribution in [1.82, 2.24) is 9.21 Å². The van der Waals surface area contributed by atoms with Gasteiger partial charge in [0.1, 0.15) is 4.90 Å². The molecule has 5 rings (SSSR count). The fourth-order valence-electron chi connectivity index (χ4n) is 5.01. The molecule has 0 aromatic heterocycles. The lowest BCUT2D eigenvalue weighted by Gasteiger charge is -2.32. The van der Waals surface area contributed by atoms with Gasteiger partial charge in [0.25, 0.3) is 15.9 Å². The Morgan fingerprint density at radius 2 is 1.71 bits per heavy atom. The van der Waals surface area contributed by atoms with E-state index in [0.29, 0.717) is 21.6 Å². The number of hydrogen-bond donors (Lipinski definition) is 1. The molecule has 34 heavy (non-hydrogen) atoms. The van der Waals surface area contributed by atoms with Gasteiger partial charge in [-0.15, -0.1) is 0 Å². The normalized spacial score (nSPS) is 20.3. The maximum absolute atomic E-state index is 13.6. The van der Waals surface area contributed by atoms with Crippen molar-refractivity contribution < 1.29 is 18.0 Å². The molecule has 1 N–H and O–H groups in total. The van der Waals surface area contributed by atoms with Gasteiger partial charge >= 0.3 is 6.03 Å². The minimum Gasteiger partial charge on any atom is -0.333 e. The molecule has 7 nitrogen and oxygen atoms in total. The highest BCUT2D eigenvalue weighted by Gasteiger charge is 2.39. The fourth-order valence-corrected chi connectivity index (χ4v) is 7.02. The summed E-state index contributed by atoms with van der Waals surface area (Å²) < 4.78 is 27.8. The van der Waals surface area contributed by atoms with E-state index in [9.17, 15) is 18.0 Å². The minimum absolute atomic E-state index is 0.0106. The number of hydrogen-bond acceptors (Lipinski definition) is 4. The summed E-state index contributed by atoms with van der Waals surface area (Å²) in [5.41, 5.74) is 1.41. The van der Waals surface area contributed by atoms with Gasteiger partial charge in [0.05, 0.1) is 12.2 Å². The Balaban J connectivity index is 1.40. The van der Waals surface area contributed by atoms with E-state index in [0.717, 1.165) is 42.8 Å². The number of carbonyl (C=O) groups is 2. The highest BCUT2D eigenvalue weighted by Crippen LogP contribution is 2.36. The smallest absolute Gasteiger partial charge is 0.333 e. The van der Waals surface area contributed by atoms with Crippen LogP contribution in [0.4, 0.5) is 10.5 Å². The Morgan fingerprint density at radius 1 is 1.00 bits per heavy atom. The van der Waals surface area contributed by atoms with Crippen molar-refractivity contribution in [2.45, 2.75) is 74.9 Å². The molecule has 180 valence electrons. The topological polar surface area (TPSA) is 86.8 Å². The van der Waals surface area contributed by atoms with Crippen LogP contribution in [0.2, 0.25) is 0 Å². The van der Waals surface area contributed by atoms with Crippen LogP contribution in [0.15, 0.2) is 51.8 Å². The lowest BCUT2D eigenvalue weighted by molar-refractivity contribution is 0.0641. The van der Waals surface area contributed by atoms with E-state index >= 15 is 0 Å². The van der Waals surface area contributed by atoms with Gasteiger partial charge in [0, 0.05) is 22.1 Å². The first kappa shape index (κ1) is 23.4. The van der Waals surface area contributed by atoms with Gasteiger partial charge in [-0.25, -0.2) is 17.5 Å². The lowest BCUT2D eigenvalue weighted by Crippen LogP contribution is -2.43. The van der Waals surface area contributed by atoms with E-state index in [1.165, 1.54) is 18.9 Å². The summed E-state index contributed by atoms with van der Waals surface area (Å²) in [5, 5.41) is 2.65. The van der Waals surface area contributed by atoms with E-state index in [4.69, 9.17) is 0 Å². The second-order valence-corrected chi connectivity index (χ2v) is 12.1. The van der Waals surface area contributed by atoms with E-state index in [1.807, 2.05) is 0 Å². The van der Waals surface area contributed by atoms with Crippen LogP contribution in [0, 0.1) is 0 Å². The molecule has 0 spiro atoms. The molecular formula is C25H28BrN3O4S. The molecule has 0 radical (unpaired) electrons. The quantitative estimate of drug-likeness (QED) is 0.501. The van der Waals surface area contributed by atoms with Crippen LogP contribution in [0.3, 0.4) is 0 Å². The third kappa shape index (κ3) is 4.60. The number of halogens is 1. The molecule has 2 saturated carbocycles. The van der Waals surface area contributed by atoms with Crippen LogP contribution in [0.1, 0.15) is 67.3 Å². The number of rotatable bonds is 5. The first-order valence-corrected chi connectivity index (χ1v) is 14.1. The van der Waals surface area contributed by atoms with Crippen LogP contribution in [0.25, 0.3) is 0 Å².